The number of nitrogens with zero attached hydrogens (tertiary/aromatic N) is 2. The fourth-order valence-corrected chi connectivity index (χ4v) is 9.05. The van der Waals surface area contributed by atoms with Gasteiger partial charge >= 0.3 is 11.9 Å². The second-order valence-electron chi connectivity index (χ2n) is 16.3. The number of cyclic esters (lactones) is 1. The van der Waals surface area contributed by atoms with Crippen LogP contribution < -0.4 is 4.84 Å². The average molecular weight is 779 g/mol. The molecular weight excluding hydrogens is 720 g/mol. The van der Waals surface area contributed by atoms with Crippen molar-refractivity contribution < 1.29 is 52.4 Å². The van der Waals surface area contributed by atoms with Gasteiger partial charge in [0.15, 0.2) is 29.5 Å². The van der Waals surface area contributed by atoms with Crippen molar-refractivity contribution in [2.24, 2.45) is 28.8 Å². The normalized spacial score (nSPS) is 41.5. The predicted octanol–water partition coefficient (Wildman–Crippen LogP) is 5.63. The number of carbonyl (C=O) groups is 3. The third-order valence-corrected chi connectivity index (χ3v) is 12.0. The summed E-state index contributed by atoms with van der Waals surface area (Å²) in [5, 5.41) is 4.80. The van der Waals surface area contributed by atoms with Crippen LogP contribution in [0.5, 0.6) is 5.75 Å². The molecule has 4 aliphatic rings. The topological polar surface area (TPSA) is 141 Å². The summed E-state index contributed by atoms with van der Waals surface area (Å²) in [6.07, 6.45) is -3.61. The summed E-state index contributed by atoms with van der Waals surface area (Å²) in [4.78, 5) is 48.5. The van der Waals surface area contributed by atoms with E-state index in [0.29, 0.717) is 35.7 Å². The van der Waals surface area contributed by atoms with Crippen molar-refractivity contribution in [3.63, 3.8) is 0 Å². The number of ether oxygens (including phenoxy) is 7. The van der Waals surface area contributed by atoms with Gasteiger partial charge in [-0.2, -0.15) is 0 Å². The van der Waals surface area contributed by atoms with Crippen LogP contribution in [0.15, 0.2) is 29.4 Å². The van der Waals surface area contributed by atoms with Crippen LogP contribution >= 0.6 is 11.6 Å². The Morgan fingerprint density at radius 3 is 2.39 bits per heavy atom. The molecule has 54 heavy (non-hydrogen) atoms. The fourth-order valence-electron chi connectivity index (χ4n) is 8.88. The van der Waals surface area contributed by atoms with E-state index in [9.17, 15) is 14.4 Å². The molecular formula is C40H59ClN2O11. The molecule has 3 unspecified atom stereocenters. The number of hydrogen-bond acceptors (Lipinski definition) is 13. The van der Waals surface area contributed by atoms with Gasteiger partial charge in [0, 0.05) is 18.8 Å². The minimum absolute atomic E-state index is 0.0307. The smallest absolute Gasteiger partial charge is 0.311 e. The first-order valence-electron chi connectivity index (χ1n) is 19.2. The van der Waals surface area contributed by atoms with E-state index in [4.69, 9.17) is 49.6 Å². The maximum atomic E-state index is 14.2. The SMILES string of the molecule is CC[C@H]1OC(=O)[C@H](C)[C@H]2OC/C(=N\Oc3ccccc3Cl)CO[C@@](C)(C[C@@H](C)C3OC1(C)C(=O)C3C)[C@H](O[C@@H]1O[C@H](C)C[C@H](N(C)C)[C@H]1OC(C)=O)[C@@H]2C. The predicted molar refractivity (Wildman–Crippen MR) is 200 cm³/mol. The van der Waals surface area contributed by atoms with Gasteiger partial charge in [-0.15, -0.1) is 0 Å². The van der Waals surface area contributed by atoms with E-state index in [-0.39, 0.29) is 37.1 Å². The maximum absolute atomic E-state index is 14.2. The van der Waals surface area contributed by atoms with E-state index in [2.05, 4.69) is 5.16 Å². The molecule has 0 aromatic heterocycles. The van der Waals surface area contributed by atoms with Crippen LogP contribution in [-0.4, -0.2) is 116 Å². The Morgan fingerprint density at radius 2 is 1.74 bits per heavy atom. The first-order valence-corrected chi connectivity index (χ1v) is 19.6. The zero-order chi connectivity index (χ0) is 39.7. The Labute approximate surface area is 324 Å². The number of oxime groups is 1. The van der Waals surface area contributed by atoms with Gasteiger partial charge in [0.25, 0.3) is 0 Å². The molecule has 1 aromatic rings. The van der Waals surface area contributed by atoms with Crippen molar-refractivity contribution in [1.29, 1.82) is 0 Å². The number of esters is 2. The second-order valence-corrected chi connectivity index (χ2v) is 16.7. The minimum Gasteiger partial charge on any atom is -0.459 e. The maximum Gasteiger partial charge on any atom is 0.311 e. The van der Waals surface area contributed by atoms with Crippen LogP contribution in [-0.2, 0) is 47.5 Å². The Bertz CT molecular complexity index is 1540. The van der Waals surface area contributed by atoms with Gasteiger partial charge in [0.1, 0.15) is 11.8 Å². The lowest BCUT2D eigenvalue weighted by atomic mass is 9.75. The van der Waals surface area contributed by atoms with E-state index in [1.165, 1.54) is 6.92 Å². The van der Waals surface area contributed by atoms with Gasteiger partial charge < -0.3 is 42.9 Å². The average Bonchev–Trinajstić information content (AvgIpc) is 3.37. The highest BCUT2D eigenvalue weighted by molar-refractivity contribution is 6.32. The highest BCUT2D eigenvalue weighted by atomic mass is 35.5. The van der Waals surface area contributed by atoms with Crippen molar-refractivity contribution in [3.05, 3.63) is 29.3 Å². The van der Waals surface area contributed by atoms with Gasteiger partial charge in [-0.1, -0.05) is 56.6 Å². The number of carbonyl (C=O) groups excluding carboxylic acids is 3. The summed E-state index contributed by atoms with van der Waals surface area (Å²) in [6.45, 7) is 16.4. The van der Waals surface area contributed by atoms with Gasteiger partial charge in [-0.25, -0.2) is 0 Å². The van der Waals surface area contributed by atoms with Crippen LogP contribution in [0, 0.1) is 23.7 Å². The quantitative estimate of drug-likeness (QED) is 0.251. The summed E-state index contributed by atoms with van der Waals surface area (Å²) >= 11 is 6.37. The molecule has 0 saturated carbocycles. The lowest BCUT2D eigenvalue weighted by Crippen LogP contribution is -2.60. The molecule has 0 radical (unpaired) electrons. The molecule has 4 bridgehead atoms. The molecule has 302 valence electrons. The molecule has 0 spiro atoms. The molecule has 1 aromatic carbocycles. The molecule has 4 fully saturated rings. The highest BCUT2D eigenvalue weighted by Crippen LogP contribution is 2.45. The minimum atomic E-state index is -1.33. The number of benzene rings is 1. The molecule has 0 amide bonds. The van der Waals surface area contributed by atoms with Crippen LogP contribution in [0.25, 0.3) is 0 Å². The Hall–Kier alpha value is -2.65. The van der Waals surface area contributed by atoms with E-state index < -0.39 is 77.7 Å². The third kappa shape index (κ3) is 8.82. The number of fused-ring (bicyclic) bond motifs is 5. The van der Waals surface area contributed by atoms with E-state index in [1.807, 2.05) is 60.5 Å². The first kappa shape index (κ1) is 42.5. The van der Waals surface area contributed by atoms with Crippen molar-refractivity contribution >= 4 is 35.0 Å². The van der Waals surface area contributed by atoms with Crippen LogP contribution in [0.4, 0.5) is 0 Å². The molecule has 14 heteroatoms. The molecule has 4 heterocycles. The second kappa shape index (κ2) is 17.2. The van der Waals surface area contributed by atoms with Crippen molar-refractivity contribution in [3.8, 4) is 5.75 Å². The van der Waals surface area contributed by atoms with Gasteiger partial charge in [-0.3, -0.25) is 14.4 Å². The number of para-hydroxylation sites is 1. The highest BCUT2D eigenvalue weighted by Gasteiger charge is 2.59. The van der Waals surface area contributed by atoms with Gasteiger partial charge in [-0.05, 0) is 79.1 Å². The summed E-state index contributed by atoms with van der Waals surface area (Å²) in [6, 6.07) is 6.77. The van der Waals surface area contributed by atoms with Crippen molar-refractivity contribution in [2.45, 2.75) is 142 Å². The van der Waals surface area contributed by atoms with Gasteiger partial charge in [0.2, 0.25) is 0 Å². The molecule has 0 N–H and O–H groups in total. The first-order chi connectivity index (χ1) is 25.4. The van der Waals surface area contributed by atoms with Crippen molar-refractivity contribution in [1.82, 2.24) is 4.90 Å². The number of hydrogen-bond donors (Lipinski definition) is 0. The summed E-state index contributed by atoms with van der Waals surface area (Å²) in [7, 11) is 3.86. The summed E-state index contributed by atoms with van der Waals surface area (Å²) in [5.74, 6) is -2.86. The standard InChI is InChI=1S/C40H59ClN2O11/c1-12-31-40(9)35(45)23(4)32(53-40)21(2)18-39(8)36(52-38-34(50-26(7)44)29(43(10)11)17-22(3)49-38)24(5)33(25(6)37(46)51-31)47-19-27(20-48-39)42-54-30-16-14-13-15-28(30)41/h13-16,21-25,29,31-34,36,38H,12,17-20H2,1-11H3/b42-27+/t21-,22-,23?,24-,25-,29+,31-,32?,33+,34-,36-,38+,39+,40?/m1/s1. The monoisotopic (exact) mass is 778 g/mol. The zero-order valence-corrected chi connectivity index (χ0v) is 34.3. The van der Waals surface area contributed by atoms with E-state index in [1.54, 1.807) is 38.1 Å². The molecule has 4 saturated heterocycles. The largest absolute Gasteiger partial charge is 0.459 e. The molecule has 13 nitrogen and oxygen atoms in total. The molecule has 0 aliphatic carbocycles. The van der Waals surface area contributed by atoms with E-state index in [0.717, 1.165) is 0 Å². The lowest BCUT2D eigenvalue weighted by Gasteiger charge is -2.48. The Morgan fingerprint density at radius 1 is 1.04 bits per heavy atom. The van der Waals surface area contributed by atoms with Crippen LogP contribution in [0.3, 0.4) is 0 Å². The number of halogens is 1. The van der Waals surface area contributed by atoms with Crippen molar-refractivity contribution in [2.75, 3.05) is 27.3 Å². The summed E-state index contributed by atoms with van der Waals surface area (Å²) < 4.78 is 45.9. The number of rotatable bonds is 7. The Balaban J connectivity index is 1.64. The number of likely N-dealkylation sites (N-methyl/N-ethyl adjacent to an activating group) is 1. The van der Waals surface area contributed by atoms with Crippen LogP contribution in [0.2, 0.25) is 5.02 Å². The van der Waals surface area contributed by atoms with E-state index >= 15 is 0 Å². The Kier molecular flexibility index (Phi) is 13.6. The molecule has 14 atom stereocenters. The van der Waals surface area contributed by atoms with Gasteiger partial charge in [0.05, 0.1) is 60.2 Å². The summed E-state index contributed by atoms with van der Waals surface area (Å²) in [5.41, 5.74) is -2.06. The fraction of sp³-hybridized carbons (Fsp3) is 0.750. The number of Topliss-reactive ketones (excluding diaryl/α,β-unsaturated/α-hetero) is 1. The van der Waals surface area contributed by atoms with Crippen LogP contribution in [0.1, 0.15) is 81.6 Å². The molecule has 5 rings (SSSR count). The zero-order valence-electron chi connectivity index (χ0n) is 33.5. The molecule has 4 aliphatic heterocycles. The number of ketones is 1. The lowest BCUT2D eigenvalue weighted by molar-refractivity contribution is -0.305. The third-order valence-electron chi connectivity index (χ3n) is 11.7.